The van der Waals surface area contributed by atoms with Crippen molar-refractivity contribution in [3.8, 4) is 0 Å². The summed E-state index contributed by atoms with van der Waals surface area (Å²) in [6.45, 7) is 6.79. The minimum absolute atomic E-state index is 0.0177. The number of fused-ring (bicyclic) bond motifs is 1. The minimum Gasteiger partial charge on any atom is -0.342 e. The molecule has 1 aromatic rings. The zero-order chi connectivity index (χ0) is 17.3. The lowest BCUT2D eigenvalue weighted by Crippen LogP contribution is -2.70. The molecule has 1 N–H and O–H groups in total. The molecule has 0 aliphatic carbocycles. The van der Waals surface area contributed by atoms with Gasteiger partial charge in [0.15, 0.2) is 0 Å². The third kappa shape index (κ3) is 3.44. The number of benzene rings is 1. The van der Waals surface area contributed by atoms with E-state index in [-0.39, 0.29) is 29.8 Å². The van der Waals surface area contributed by atoms with Crippen LogP contribution >= 0.6 is 11.8 Å². The zero-order valence-electron chi connectivity index (χ0n) is 14.5. The van der Waals surface area contributed by atoms with Crippen LogP contribution < -0.4 is 5.32 Å². The highest BCUT2D eigenvalue weighted by molar-refractivity contribution is 7.98. The number of hydrogen-bond acceptors (Lipinski definition) is 4. The normalized spacial score (nSPS) is 24.9. The summed E-state index contributed by atoms with van der Waals surface area (Å²) in [6.07, 6.45) is 2.07. The number of hydrogen-bond donors (Lipinski definition) is 1. The van der Waals surface area contributed by atoms with Crippen molar-refractivity contribution in [2.24, 2.45) is 5.92 Å². The average Bonchev–Trinajstić information content (AvgIpc) is 2.58. The van der Waals surface area contributed by atoms with Gasteiger partial charge in [-0.1, -0.05) is 26.0 Å². The zero-order valence-corrected chi connectivity index (χ0v) is 15.3. The lowest BCUT2D eigenvalue weighted by atomic mass is 9.96. The Morgan fingerprint density at radius 2 is 2.08 bits per heavy atom. The maximum atomic E-state index is 12.6. The van der Waals surface area contributed by atoms with Gasteiger partial charge in [0.2, 0.25) is 11.8 Å². The third-order valence-electron chi connectivity index (χ3n) is 4.82. The predicted molar refractivity (Wildman–Crippen MR) is 95.8 cm³/mol. The van der Waals surface area contributed by atoms with E-state index < -0.39 is 0 Å². The van der Waals surface area contributed by atoms with Crippen LogP contribution in [0.4, 0.5) is 0 Å². The summed E-state index contributed by atoms with van der Waals surface area (Å²) in [5, 5.41) is 2.91. The molecule has 5 nitrogen and oxygen atoms in total. The number of rotatable bonds is 4. The van der Waals surface area contributed by atoms with Crippen LogP contribution in [0, 0.1) is 5.92 Å². The number of nitrogens with zero attached hydrogens (tertiary/aromatic N) is 2. The standard InChI is InChI=1S/C18H25N3O2S/c1-12(2)16-18(23)21-8-7-20(11-15(21)17(22)19-16)10-13-5-4-6-14(9-13)24-3/h4-6,9,12,15-16H,7-8,10-11H2,1-3H3,(H,19,22)/t15-,16+/m1/s1. The first-order valence-corrected chi connectivity index (χ1v) is 9.68. The molecule has 0 aromatic heterocycles. The Kier molecular flexibility index (Phi) is 5.15. The second kappa shape index (κ2) is 7.15. The average molecular weight is 347 g/mol. The molecule has 0 bridgehead atoms. The van der Waals surface area contributed by atoms with Gasteiger partial charge in [0.05, 0.1) is 0 Å². The van der Waals surface area contributed by atoms with E-state index in [9.17, 15) is 9.59 Å². The lowest BCUT2D eigenvalue weighted by Gasteiger charge is -2.46. The first-order chi connectivity index (χ1) is 11.5. The van der Waals surface area contributed by atoms with E-state index in [1.807, 2.05) is 13.8 Å². The summed E-state index contributed by atoms with van der Waals surface area (Å²) in [5.41, 5.74) is 1.25. The molecule has 2 fully saturated rings. The number of carbonyl (C=O) groups excluding carboxylic acids is 2. The fourth-order valence-electron chi connectivity index (χ4n) is 3.44. The third-order valence-corrected chi connectivity index (χ3v) is 5.55. The number of thioether (sulfide) groups is 1. The number of nitrogens with one attached hydrogen (secondary N) is 1. The Morgan fingerprint density at radius 1 is 1.29 bits per heavy atom. The molecule has 0 saturated carbocycles. The van der Waals surface area contributed by atoms with E-state index in [1.165, 1.54) is 10.5 Å². The van der Waals surface area contributed by atoms with E-state index in [1.54, 1.807) is 16.7 Å². The van der Waals surface area contributed by atoms with Gasteiger partial charge in [-0.05, 0) is 29.9 Å². The molecule has 2 saturated heterocycles. The fourth-order valence-corrected chi connectivity index (χ4v) is 3.93. The van der Waals surface area contributed by atoms with Crippen molar-refractivity contribution in [1.29, 1.82) is 0 Å². The van der Waals surface area contributed by atoms with Crippen LogP contribution in [0.2, 0.25) is 0 Å². The largest absolute Gasteiger partial charge is 0.342 e. The molecular weight excluding hydrogens is 322 g/mol. The maximum Gasteiger partial charge on any atom is 0.246 e. The first-order valence-electron chi connectivity index (χ1n) is 8.45. The molecule has 0 unspecified atom stereocenters. The van der Waals surface area contributed by atoms with E-state index in [2.05, 4.69) is 40.7 Å². The van der Waals surface area contributed by atoms with Gasteiger partial charge in [-0.25, -0.2) is 0 Å². The van der Waals surface area contributed by atoms with Crippen LogP contribution in [-0.4, -0.2) is 59.6 Å². The predicted octanol–water partition coefficient (Wildman–Crippen LogP) is 1.58. The fraction of sp³-hybridized carbons (Fsp3) is 0.556. The molecule has 24 heavy (non-hydrogen) atoms. The Balaban J connectivity index is 1.68. The Morgan fingerprint density at radius 3 is 2.79 bits per heavy atom. The summed E-state index contributed by atoms with van der Waals surface area (Å²) in [5.74, 6) is 0.171. The second-order valence-electron chi connectivity index (χ2n) is 6.86. The lowest BCUT2D eigenvalue weighted by molar-refractivity contribution is -0.154. The summed E-state index contributed by atoms with van der Waals surface area (Å²) < 4.78 is 0. The first kappa shape index (κ1) is 17.3. The summed E-state index contributed by atoms with van der Waals surface area (Å²) >= 11 is 1.73. The molecule has 2 aliphatic heterocycles. The van der Waals surface area contributed by atoms with Gasteiger partial charge in [0.25, 0.3) is 0 Å². The summed E-state index contributed by atoms with van der Waals surface area (Å²) in [4.78, 5) is 30.3. The van der Waals surface area contributed by atoms with E-state index >= 15 is 0 Å². The van der Waals surface area contributed by atoms with Gasteiger partial charge in [0.1, 0.15) is 12.1 Å². The summed E-state index contributed by atoms with van der Waals surface area (Å²) in [7, 11) is 0. The monoisotopic (exact) mass is 347 g/mol. The van der Waals surface area contributed by atoms with Gasteiger partial charge in [0, 0.05) is 31.1 Å². The van der Waals surface area contributed by atoms with Crippen molar-refractivity contribution in [1.82, 2.24) is 15.1 Å². The molecule has 2 amide bonds. The van der Waals surface area contributed by atoms with Crippen LogP contribution in [0.3, 0.4) is 0 Å². The number of piperazine rings is 2. The molecule has 2 atom stereocenters. The van der Waals surface area contributed by atoms with Gasteiger partial charge in [-0.15, -0.1) is 11.8 Å². The highest BCUT2D eigenvalue weighted by Gasteiger charge is 2.44. The molecule has 2 aliphatic rings. The number of amides is 2. The van der Waals surface area contributed by atoms with Crippen LogP contribution in [0.1, 0.15) is 19.4 Å². The van der Waals surface area contributed by atoms with E-state index in [4.69, 9.17) is 0 Å². The van der Waals surface area contributed by atoms with Gasteiger partial charge < -0.3 is 10.2 Å². The molecule has 2 heterocycles. The van der Waals surface area contributed by atoms with Crippen molar-refractivity contribution < 1.29 is 9.59 Å². The molecule has 3 rings (SSSR count). The minimum atomic E-state index is -0.376. The van der Waals surface area contributed by atoms with Crippen molar-refractivity contribution in [3.05, 3.63) is 29.8 Å². The van der Waals surface area contributed by atoms with Crippen molar-refractivity contribution in [2.75, 3.05) is 25.9 Å². The van der Waals surface area contributed by atoms with Crippen molar-refractivity contribution in [2.45, 2.75) is 37.4 Å². The van der Waals surface area contributed by atoms with Crippen LogP contribution in [0.5, 0.6) is 0 Å². The Hall–Kier alpha value is -1.53. The highest BCUT2D eigenvalue weighted by atomic mass is 32.2. The Bertz CT molecular complexity index is 634. The van der Waals surface area contributed by atoms with Crippen LogP contribution in [0.15, 0.2) is 29.2 Å². The second-order valence-corrected chi connectivity index (χ2v) is 7.74. The molecule has 1 aromatic carbocycles. The maximum absolute atomic E-state index is 12.6. The van der Waals surface area contributed by atoms with E-state index in [0.717, 1.165) is 13.1 Å². The van der Waals surface area contributed by atoms with Crippen LogP contribution in [-0.2, 0) is 16.1 Å². The van der Waals surface area contributed by atoms with Gasteiger partial charge in [-0.3, -0.25) is 14.5 Å². The topological polar surface area (TPSA) is 52.6 Å². The number of carbonyl (C=O) groups is 2. The quantitative estimate of drug-likeness (QED) is 0.840. The Labute approximate surface area is 147 Å². The molecule has 0 spiro atoms. The molecule has 130 valence electrons. The molecular formula is C18H25N3O2S. The highest BCUT2D eigenvalue weighted by Crippen LogP contribution is 2.22. The van der Waals surface area contributed by atoms with E-state index in [0.29, 0.717) is 13.1 Å². The SMILES string of the molecule is CSc1cccc(CN2CCN3C(=O)[C@H](C(C)C)NC(=O)[C@H]3C2)c1. The van der Waals surface area contributed by atoms with Gasteiger partial charge >= 0.3 is 0 Å². The van der Waals surface area contributed by atoms with Crippen molar-refractivity contribution in [3.63, 3.8) is 0 Å². The van der Waals surface area contributed by atoms with Crippen molar-refractivity contribution >= 4 is 23.6 Å². The van der Waals surface area contributed by atoms with Crippen LogP contribution in [0.25, 0.3) is 0 Å². The summed E-state index contributed by atoms with van der Waals surface area (Å²) in [6, 6.07) is 7.75. The molecule has 0 radical (unpaired) electrons. The van der Waals surface area contributed by atoms with Gasteiger partial charge in [-0.2, -0.15) is 0 Å². The smallest absolute Gasteiger partial charge is 0.246 e. The molecule has 6 heteroatoms.